The molecule has 0 radical (unpaired) electrons. The summed E-state index contributed by atoms with van der Waals surface area (Å²) in [4.78, 5) is 20.5. The third kappa shape index (κ3) is 2.29. The molecule has 22 heavy (non-hydrogen) atoms. The number of fused-ring (bicyclic) bond motifs is 1. The molecule has 0 bridgehead atoms. The summed E-state index contributed by atoms with van der Waals surface area (Å²) in [6.07, 6.45) is 8.93. The number of hydrogen-bond donors (Lipinski definition) is 0. The highest BCUT2D eigenvalue weighted by Crippen LogP contribution is 2.29. The highest BCUT2D eigenvalue weighted by Gasteiger charge is 2.17. The van der Waals surface area contributed by atoms with Gasteiger partial charge in [-0.3, -0.25) is 0 Å². The van der Waals surface area contributed by atoms with E-state index in [-0.39, 0.29) is 0 Å². The maximum atomic E-state index is 12.0. The van der Waals surface area contributed by atoms with E-state index in [4.69, 9.17) is 11.2 Å². The Labute approximate surface area is 127 Å². The summed E-state index contributed by atoms with van der Waals surface area (Å²) < 4.78 is 4.85. The van der Waals surface area contributed by atoms with Crippen molar-refractivity contribution in [1.82, 2.24) is 9.97 Å². The molecule has 0 amide bonds. The molecule has 3 aromatic rings. The van der Waals surface area contributed by atoms with Crippen LogP contribution in [0.1, 0.15) is 15.9 Å². The van der Waals surface area contributed by atoms with Crippen LogP contribution in [0.15, 0.2) is 48.8 Å². The largest absolute Gasteiger partial charge is 0.465 e. The summed E-state index contributed by atoms with van der Waals surface area (Å²) >= 11 is 0. The van der Waals surface area contributed by atoms with E-state index in [0.717, 1.165) is 10.9 Å². The Balaban J connectivity index is 2.29. The van der Waals surface area contributed by atoms with Crippen LogP contribution in [0, 0.1) is 12.3 Å². The van der Waals surface area contributed by atoms with Crippen LogP contribution in [0.4, 0.5) is 0 Å². The minimum absolute atomic E-state index is 0.419. The minimum atomic E-state index is -0.432. The molecule has 0 aliphatic carbocycles. The van der Waals surface area contributed by atoms with E-state index in [1.807, 2.05) is 18.2 Å². The standard InChI is InChI=1S/C18H12N2O2/c1-3-12-6-4-8-15(18(21)22-2)16(12)14-10-13-7-5-9-19-17(13)20-11-14/h1,4-11H,2H3. The molecule has 2 heterocycles. The van der Waals surface area contributed by atoms with Crippen LogP contribution in [0.3, 0.4) is 0 Å². The third-order valence-corrected chi connectivity index (χ3v) is 3.37. The predicted octanol–water partition coefficient (Wildman–Crippen LogP) is 3.06. The number of ether oxygens (including phenoxy) is 1. The molecule has 0 saturated carbocycles. The molecule has 4 heteroatoms. The van der Waals surface area contributed by atoms with Crippen molar-refractivity contribution in [1.29, 1.82) is 0 Å². The average Bonchev–Trinajstić information content (AvgIpc) is 2.59. The topological polar surface area (TPSA) is 52.1 Å². The van der Waals surface area contributed by atoms with Gasteiger partial charge in [0.15, 0.2) is 5.65 Å². The lowest BCUT2D eigenvalue weighted by Gasteiger charge is -2.11. The van der Waals surface area contributed by atoms with Crippen LogP contribution in [-0.4, -0.2) is 23.0 Å². The molecule has 0 atom stereocenters. The lowest BCUT2D eigenvalue weighted by Crippen LogP contribution is -2.05. The minimum Gasteiger partial charge on any atom is -0.465 e. The first-order chi connectivity index (χ1) is 10.7. The lowest BCUT2D eigenvalue weighted by molar-refractivity contribution is 0.0601. The van der Waals surface area contributed by atoms with Crippen LogP contribution >= 0.6 is 0 Å². The Bertz CT molecular complexity index is 910. The number of pyridine rings is 2. The molecule has 1 aromatic carbocycles. The summed E-state index contributed by atoms with van der Waals surface area (Å²) in [5.41, 5.74) is 3.09. The highest BCUT2D eigenvalue weighted by molar-refractivity contribution is 5.99. The van der Waals surface area contributed by atoms with Gasteiger partial charge in [0.1, 0.15) is 0 Å². The van der Waals surface area contributed by atoms with Crippen LogP contribution in [0.2, 0.25) is 0 Å². The number of terminal acetylenes is 1. The van der Waals surface area contributed by atoms with Gasteiger partial charge in [-0.25, -0.2) is 14.8 Å². The molecule has 0 aliphatic rings. The first-order valence-corrected chi connectivity index (χ1v) is 6.63. The number of esters is 1. The Morgan fingerprint density at radius 1 is 1.23 bits per heavy atom. The number of rotatable bonds is 2. The predicted molar refractivity (Wildman–Crippen MR) is 84.2 cm³/mol. The molecule has 4 nitrogen and oxygen atoms in total. The zero-order valence-electron chi connectivity index (χ0n) is 11.9. The van der Waals surface area contributed by atoms with Crippen molar-refractivity contribution in [2.24, 2.45) is 0 Å². The van der Waals surface area contributed by atoms with E-state index in [9.17, 15) is 4.79 Å². The molecule has 2 aromatic heterocycles. The fraction of sp³-hybridized carbons (Fsp3) is 0.0556. The molecule has 0 unspecified atom stereocenters. The number of carbonyl (C=O) groups is 1. The average molecular weight is 288 g/mol. The quantitative estimate of drug-likeness (QED) is 0.537. The fourth-order valence-electron chi connectivity index (χ4n) is 2.37. The lowest BCUT2D eigenvalue weighted by atomic mass is 9.95. The highest BCUT2D eigenvalue weighted by atomic mass is 16.5. The van der Waals surface area contributed by atoms with E-state index in [1.54, 1.807) is 30.6 Å². The number of aromatic nitrogens is 2. The number of carbonyl (C=O) groups excluding carboxylic acids is 1. The number of hydrogen-bond acceptors (Lipinski definition) is 4. The van der Waals surface area contributed by atoms with E-state index < -0.39 is 5.97 Å². The van der Waals surface area contributed by atoms with Crippen molar-refractivity contribution in [2.45, 2.75) is 0 Å². The van der Waals surface area contributed by atoms with Crippen molar-refractivity contribution in [3.8, 4) is 23.5 Å². The monoisotopic (exact) mass is 288 g/mol. The van der Waals surface area contributed by atoms with Gasteiger partial charge in [-0.1, -0.05) is 12.0 Å². The Morgan fingerprint density at radius 2 is 2.09 bits per heavy atom. The van der Waals surface area contributed by atoms with Gasteiger partial charge in [0, 0.05) is 34.5 Å². The van der Waals surface area contributed by atoms with E-state index in [2.05, 4.69) is 15.9 Å². The first kappa shape index (κ1) is 13.8. The normalized spacial score (nSPS) is 10.2. The van der Waals surface area contributed by atoms with Gasteiger partial charge in [-0.05, 0) is 30.3 Å². The second-order valence-electron chi connectivity index (χ2n) is 4.64. The summed E-state index contributed by atoms with van der Waals surface area (Å²) in [6.45, 7) is 0. The van der Waals surface area contributed by atoms with Gasteiger partial charge in [-0.15, -0.1) is 6.42 Å². The molecule has 106 valence electrons. The summed E-state index contributed by atoms with van der Waals surface area (Å²) in [6, 6.07) is 10.9. The van der Waals surface area contributed by atoms with E-state index in [0.29, 0.717) is 22.3 Å². The summed E-state index contributed by atoms with van der Waals surface area (Å²) in [7, 11) is 1.34. The molecule has 3 rings (SSSR count). The van der Waals surface area contributed by atoms with Crippen molar-refractivity contribution in [3.63, 3.8) is 0 Å². The zero-order valence-corrected chi connectivity index (χ0v) is 11.9. The Hall–Kier alpha value is -3.19. The Kier molecular flexibility index (Phi) is 3.55. The van der Waals surface area contributed by atoms with Gasteiger partial charge in [0.25, 0.3) is 0 Å². The summed E-state index contributed by atoms with van der Waals surface area (Å²) in [5, 5.41) is 0.877. The first-order valence-electron chi connectivity index (χ1n) is 6.63. The van der Waals surface area contributed by atoms with Crippen molar-refractivity contribution < 1.29 is 9.53 Å². The molecular weight excluding hydrogens is 276 g/mol. The molecule has 0 N–H and O–H groups in total. The fourth-order valence-corrected chi connectivity index (χ4v) is 2.37. The number of nitrogens with zero attached hydrogens (tertiary/aromatic N) is 2. The van der Waals surface area contributed by atoms with Crippen LogP contribution in [-0.2, 0) is 4.74 Å². The summed E-state index contributed by atoms with van der Waals surface area (Å²) in [5.74, 6) is 2.18. The van der Waals surface area contributed by atoms with Crippen LogP contribution in [0.25, 0.3) is 22.2 Å². The molecule has 0 fully saturated rings. The van der Waals surface area contributed by atoms with Crippen molar-refractivity contribution in [2.75, 3.05) is 7.11 Å². The molecule has 0 saturated heterocycles. The number of benzene rings is 1. The van der Waals surface area contributed by atoms with E-state index in [1.165, 1.54) is 7.11 Å². The molecule has 0 aliphatic heterocycles. The zero-order chi connectivity index (χ0) is 15.5. The van der Waals surface area contributed by atoms with Crippen molar-refractivity contribution >= 4 is 17.0 Å². The van der Waals surface area contributed by atoms with Gasteiger partial charge in [0.05, 0.1) is 12.7 Å². The maximum Gasteiger partial charge on any atom is 0.338 e. The van der Waals surface area contributed by atoms with Gasteiger partial charge >= 0.3 is 5.97 Å². The number of methoxy groups -OCH3 is 1. The van der Waals surface area contributed by atoms with Crippen LogP contribution in [0.5, 0.6) is 0 Å². The van der Waals surface area contributed by atoms with Gasteiger partial charge in [-0.2, -0.15) is 0 Å². The van der Waals surface area contributed by atoms with Crippen molar-refractivity contribution in [3.05, 3.63) is 59.9 Å². The second kappa shape index (κ2) is 5.66. The molecular formula is C18H12N2O2. The third-order valence-electron chi connectivity index (χ3n) is 3.37. The Morgan fingerprint density at radius 3 is 2.86 bits per heavy atom. The maximum absolute atomic E-state index is 12.0. The SMILES string of the molecule is C#Cc1cccc(C(=O)OC)c1-c1cnc2ncccc2c1. The van der Waals surface area contributed by atoms with E-state index >= 15 is 0 Å². The van der Waals surface area contributed by atoms with Gasteiger partial charge < -0.3 is 4.74 Å². The van der Waals surface area contributed by atoms with Crippen LogP contribution < -0.4 is 0 Å². The smallest absolute Gasteiger partial charge is 0.338 e. The second-order valence-corrected chi connectivity index (χ2v) is 4.64. The van der Waals surface area contributed by atoms with Gasteiger partial charge in [0.2, 0.25) is 0 Å². The molecule has 0 spiro atoms.